The van der Waals surface area contributed by atoms with E-state index in [1.54, 1.807) is 12.1 Å². The Bertz CT molecular complexity index is 1350. The summed E-state index contributed by atoms with van der Waals surface area (Å²) in [7, 11) is 4.02. The van der Waals surface area contributed by atoms with Gasteiger partial charge in [0.2, 0.25) is 0 Å². The number of nitrogens with one attached hydrogen (secondary N) is 1. The Morgan fingerprint density at radius 3 is 2.44 bits per heavy atom. The van der Waals surface area contributed by atoms with E-state index in [4.69, 9.17) is 5.73 Å². The zero-order valence-electron chi connectivity index (χ0n) is 19.3. The van der Waals surface area contributed by atoms with Crippen molar-refractivity contribution in [1.82, 2.24) is 14.9 Å². The summed E-state index contributed by atoms with van der Waals surface area (Å²) >= 11 is 0. The number of benzene rings is 3. The number of fused-ring (bicyclic) bond motifs is 1. The lowest BCUT2D eigenvalue weighted by molar-refractivity contribution is 0.0987. The number of nitrogens with two attached hydrogens (primary N) is 1. The average Bonchev–Trinajstić information content (AvgIpc) is 2.82. The number of nitrogens with zero attached hydrogens (tertiary/aromatic N) is 3. The molecule has 0 fully saturated rings. The number of rotatable bonds is 9. The number of ketones is 1. The Kier molecular flexibility index (Phi) is 6.94. The van der Waals surface area contributed by atoms with Gasteiger partial charge in [0.05, 0.1) is 11.1 Å². The first-order chi connectivity index (χ1) is 16.4. The van der Waals surface area contributed by atoms with Gasteiger partial charge < -0.3 is 16.0 Å². The van der Waals surface area contributed by atoms with Crippen LogP contribution in [0.25, 0.3) is 10.9 Å². The van der Waals surface area contributed by atoms with Gasteiger partial charge in [-0.15, -0.1) is 0 Å². The van der Waals surface area contributed by atoms with E-state index in [-0.39, 0.29) is 5.78 Å². The van der Waals surface area contributed by atoms with Gasteiger partial charge in [0, 0.05) is 30.5 Å². The van der Waals surface area contributed by atoms with Crippen molar-refractivity contribution in [3.05, 3.63) is 101 Å². The van der Waals surface area contributed by atoms with Crippen LogP contribution in [0.4, 0.5) is 5.82 Å². The van der Waals surface area contributed by atoms with Crippen LogP contribution in [0.2, 0.25) is 0 Å². The van der Waals surface area contributed by atoms with Crippen LogP contribution in [0, 0.1) is 0 Å². The van der Waals surface area contributed by atoms with E-state index in [1.165, 1.54) is 6.33 Å². The largest absolute Gasteiger partial charge is 0.366 e. The minimum atomic E-state index is -0.528. The molecule has 0 saturated carbocycles. The van der Waals surface area contributed by atoms with Gasteiger partial charge in [0.15, 0.2) is 5.78 Å². The predicted octanol–water partition coefficient (Wildman–Crippen LogP) is 3.83. The fourth-order valence-corrected chi connectivity index (χ4v) is 3.96. The summed E-state index contributed by atoms with van der Waals surface area (Å²) in [5, 5.41) is 4.04. The Morgan fingerprint density at radius 1 is 0.912 bits per heavy atom. The lowest BCUT2D eigenvalue weighted by Gasteiger charge is -2.11. The van der Waals surface area contributed by atoms with Crippen LogP contribution < -0.4 is 11.1 Å². The van der Waals surface area contributed by atoms with Gasteiger partial charge in [0.1, 0.15) is 12.1 Å². The number of para-hydroxylation sites is 1. The Hall–Kier alpha value is -4.10. The van der Waals surface area contributed by atoms with Gasteiger partial charge in [0.25, 0.3) is 5.91 Å². The molecule has 0 saturated heterocycles. The Balaban J connectivity index is 1.47. The minimum Gasteiger partial charge on any atom is -0.366 e. The molecule has 7 heteroatoms. The zero-order valence-corrected chi connectivity index (χ0v) is 19.3. The van der Waals surface area contributed by atoms with E-state index < -0.39 is 5.91 Å². The number of hydrogen-bond donors (Lipinski definition) is 2. The van der Waals surface area contributed by atoms with Crippen LogP contribution in [0.3, 0.4) is 0 Å². The molecule has 0 bridgehead atoms. The third-order valence-corrected chi connectivity index (χ3v) is 5.49. The van der Waals surface area contributed by atoms with Crippen molar-refractivity contribution in [2.75, 3.05) is 19.4 Å². The Morgan fingerprint density at radius 2 is 1.65 bits per heavy atom. The summed E-state index contributed by atoms with van der Waals surface area (Å²) in [6, 6.07) is 21.0. The summed E-state index contributed by atoms with van der Waals surface area (Å²) in [6.07, 6.45) is 1.74. The first-order valence-electron chi connectivity index (χ1n) is 11.0. The maximum absolute atomic E-state index is 12.9. The van der Waals surface area contributed by atoms with Gasteiger partial charge >= 0.3 is 0 Å². The van der Waals surface area contributed by atoms with E-state index in [0.717, 1.165) is 34.2 Å². The van der Waals surface area contributed by atoms with Crippen LogP contribution >= 0.6 is 0 Å². The van der Waals surface area contributed by atoms with Gasteiger partial charge in [-0.05, 0) is 49.0 Å². The van der Waals surface area contributed by atoms with Crippen LogP contribution in [0.5, 0.6) is 0 Å². The second-order valence-corrected chi connectivity index (χ2v) is 8.50. The molecule has 7 nitrogen and oxygen atoms in total. The van der Waals surface area contributed by atoms with Crippen LogP contribution in [-0.4, -0.2) is 40.7 Å². The maximum Gasteiger partial charge on any atom is 0.250 e. The number of primary amides is 1. The molecule has 0 unspecified atom stereocenters. The number of anilines is 1. The standard InChI is InChI=1S/C27H27N5O2/c1-32(2)16-20-8-4-9-21(13-20)24(33)14-18-6-3-7-19(12-18)15-29-27-23-11-5-10-22(26(28)34)25(23)30-17-31-27/h3-13,17H,14-16H2,1-2H3,(H2,28,34)(H,29,30,31). The molecule has 3 aromatic carbocycles. The number of hydrogen-bond acceptors (Lipinski definition) is 6. The van der Waals surface area contributed by atoms with E-state index in [9.17, 15) is 9.59 Å². The molecule has 0 aliphatic carbocycles. The highest BCUT2D eigenvalue weighted by atomic mass is 16.1. The fourth-order valence-electron chi connectivity index (χ4n) is 3.96. The molecule has 1 amide bonds. The molecule has 1 aromatic heterocycles. The Labute approximate surface area is 198 Å². The van der Waals surface area contributed by atoms with Crippen molar-refractivity contribution >= 4 is 28.4 Å². The van der Waals surface area contributed by atoms with Gasteiger partial charge in [-0.3, -0.25) is 9.59 Å². The SMILES string of the molecule is CN(C)Cc1cccc(C(=O)Cc2cccc(CNc3ncnc4c(C(N)=O)cccc34)c2)c1. The lowest BCUT2D eigenvalue weighted by Crippen LogP contribution is -2.12. The third-order valence-electron chi connectivity index (χ3n) is 5.49. The summed E-state index contributed by atoms with van der Waals surface area (Å²) in [6.45, 7) is 1.30. The number of Topliss-reactive ketones (excluding diaryl/α,β-unsaturated/α-hetero) is 1. The molecule has 0 aliphatic rings. The second kappa shape index (κ2) is 10.2. The van der Waals surface area contributed by atoms with E-state index in [2.05, 4.69) is 20.2 Å². The van der Waals surface area contributed by atoms with E-state index in [1.807, 2.05) is 68.7 Å². The summed E-state index contributed by atoms with van der Waals surface area (Å²) in [4.78, 5) is 35.2. The van der Waals surface area contributed by atoms with Crippen molar-refractivity contribution in [3.63, 3.8) is 0 Å². The summed E-state index contributed by atoms with van der Waals surface area (Å²) in [5.74, 6) is 0.179. The topological polar surface area (TPSA) is 101 Å². The molecular formula is C27H27N5O2. The van der Waals surface area contributed by atoms with E-state index in [0.29, 0.717) is 29.9 Å². The highest BCUT2D eigenvalue weighted by Crippen LogP contribution is 2.23. The van der Waals surface area contributed by atoms with Crippen molar-refractivity contribution in [2.24, 2.45) is 5.73 Å². The summed E-state index contributed by atoms with van der Waals surface area (Å²) in [5.41, 5.74) is 10.2. The highest BCUT2D eigenvalue weighted by molar-refractivity contribution is 6.06. The van der Waals surface area contributed by atoms with Crippen molar-refractivity contribution < 1.29 is 9.59 Å². The second-order valence-electron chi connectivity index (χ2n) is 8.50. The molecule has 3 N–H and O–H groups in total. The first-order valence-corrected chi connectivity index (χ1v) is 11.0. The highest BCUT2D eigenvalue weighted by Gasteiger charge is 2.12. The monoisotopic (exact) mass is 453 g/mol. The maximum atomic E-state index is 12.9. The molecule has 1 heterocycles. The number of amides is 1. The third kappa shape index (κ3) is 5.44. The van der Waals surface area contributed by atoms with Crippen molar-refractivity contribution in [2.45, 2.75) is 19.5 Å². The molecule has 34 heavy (non-hydrogen) atoms. The van der Waals surface area contributed by atoms with Crippen LogP contribution in [-0.2, 0) is 19.5 Å². The molecule has 172 valence electrons. The number of aromatic nitrogens is 2. The first kappa shape index (κ1) is 23.1. The van der Waals surface area contributed by atoms with Gasteiger partial charge in [-0.2, -0.15) is 0 Å². The van der Waals surface area contributed by atoms with E-state index >= 15 is 0 Å². The van der Waals surface area contributed by atoms with Crippen molar-refractivity contribution in [1.29, 1.82) is 0 Å². The van der Waals surface area contributed by atoms with Crippen molar-refractivity contribution in [3.8, 4) is 0 Å². The van der Waals surface area contributed by atoms with Crippen LogP contribution in [0.15, 0.2) is 73.1 Å². The average molecular weight is 454 g/mol. The molecule has 4 rings (SSSR count). The lowest BCUT2D eigenvalue weighted by atomic mass is 10.00. The molecule has 0 spiro atoms. The normalized spacial score (nSPS) is 11.0. The fraction of sp³-hybridized carbons (Fsp3) is 0.185. The quantitative estimate of drug-likeness (QED) is 0.374. The molecular weight excluding hydrogens is 426 g/mol. The zero-order chi connectivity index (χ0) is 24.1. The smallest absolute Gasteiger partial charge is 0.250 e. The number of carbonyl (C=O) groups is 2. The van der Waals surface area contributed by atoms with Crippen LogP contribution in [0.1, 0.15) is 37.4 Å². The molecule has 0 atom stereocenters. The molecule has 4 aromatic rings. The minimum absolute atomic E-state index is 0.0893. The molecule has 0 aliphatic heterocycles. The van der Waals surface area contributed by atoms with Gasteiger partial charge in [-0.25, -0.2) is 9.97 Å². The number of carbonyl (C=O) groups excluding carboxylic acids is 2. The molecule has 0 radical (unpaired) electrons. The predicted molar refractivity (Wildman–Crippen MR) is 134 cm³/mol. The summed E-state index contributed by atoms with van der Waals surface area (Å²) < 4.78 is 0. The van der Waals surface area contributed by atoms with Gasteiger partial charge in [-0.1, -0.05) is 48.5 Å².